The standard InChI is InChI=1S/C16H29N3O4/c17-14(20)9-8-13(16(23)19-11-5-6-12-19)18-10-4-2-1-3-7-15(21)22/h13,18H,1-12H2,(H2,17,20)(H,21,22)/t13-/m0/s1. The molecule has 0 aliphatic carbocycles. The summed E-state index contributed by atoms with van der Waals surface area (Å²) in [6, 6.07) is -0.348. The van der Waals surface area contributed by atoms with Crippen LogP contribution in [0, 0.1) is 0 Å². The molecule has 1 saturated heterocycles. The highest BCUT2D eigenvalue weighted by molar-refractivity contribution is 5.83. The quantitative estimate of drug-likeness (QED) is 0.460. The first-order valence-corrected chi connectivity index (χ1v) is 8.53. The number of nitrogens with two attached hydrogens (primary N) is 1. The first kappa shape index (κ1) is 19.4. The van der Waals surface area contributed by atoms with E-state index in [4.69, 9.17) is 10.8 Å². The highest BCUT2D eigenvalue weighted by Gasteiger charge is 2.26. The van der Waals surface area contributed by atoms with Crippen LogP contribution in [0.4, 0.5) is 0 Å². The number of nitrogens with zero attached hydrogens (tertiary/aromatic N) is 1. The van der Waals surface area contributed by atoms with Gasteiger partial charge in [0.05, 0.1) is 6.04 Å². The molecule has 0 unspecified atom stereocenters. The lowest BCUT2D eigenvalue weighted by atomic mass is 10.1. The van der Waals surface area contributed by atoms with Gasteiger partial charge >= 0.3 is 5.97 Å². The highest BCUT2D eigenvalue weighted by atomic mass is 16.4. The number of rotatable bonds is 12. The number of hydrogen-bond acceptors (Lipinski definition) is 4. The van der Waals surface area contributed by atoms with Crippen LogP contribution in [0.5, 0.6) is 0 Å². The molecule has 23 heavy (non-hydrogen) atoms. The van der Waals surface area contributed by atoms with Crippen molar-refractivity contribution in [3.63, 3.8) is 0 Å². The number of carbonyl (C=O) groups is 3. The molecule has 7 nitrogen and oxygen atoms in total. The summed E-state index contributed by atoms with van der Waals surface area (Å²) in [4.78, 5) is 35.7. The fourth-order valence-electron chi connectivity index (χ4n) is 2.79. The molecule has 1 heterocycles. The number of unbranched alkanes of at least 4 members (excludes halogenated alkanes) is 3. The monoisotopic (exact) mass is 327 g/mol. The lowest BCUT2D eigenvalue weighted by molar-refractivity contribution is -0.137. The molecule has 132 valence electrons. The normalized spacial score (nSPS) is 15.6. The smallest absolute Gasteiger partial charge is 0.303 e. The van der Waals surface area contributed by atoms with E-state index in [1.807, 2.05) is 4.90 Å². The van der Waals surface area contributed by atoms with E-state index in [2.05, 4.69) is 5.32 Å². The molecular weight excluding hydrogens is 298 g/mol. The van der Waals surface area contributed by atoms with Crippen molar-refractivity contribution < 1.29 is 19.5 Å². The van der Waals surface area contributed by atoms with Crippen molar-refractivity contribution in [2.45, 2.75) is 63.8 Å². The molecule has 7 heteroatoms. The maximum Gasteiger partial charge on any atom is 0.303 e. The van der Waals surface area contributed by atoms with Gasteiger partial charge in [0.1, 0.15) is 0 Å². The lowest BCUT2D eigenvalue weighted by Gasteiger charge is -2.24. The average Bonchev–Trinajstić information content (AvgIpc) is 3.02. The molecule has 1 aliphatic heterocycles. The largest absolute Gasteiger partial charge is 0.481 e. The Morgan fingerprint density at radius 1 is 1.04 bits per heavy atom. The molecule has 1 aliphatic rings. The summed E-state index contributed by atoms with van der Waals surface area (Å²) in [6.45, 7) is 2.28. The van der Waals surface area contributed by atoms with Gasteiger partial charge in [-0.25, -0.2) is 0 Å². The molecule has 1 atom stereocenters. The summed E-state index contributed by atoms with van der Waals surface area (Å²) in [6.07, 6.45) is 6.31. The summed E-state index contributed by atoms with van der Waals surface area (Å²) in [5.74, 6) is -1.08. The zero-order valence-corrected chi connectivity index (χ0v) is 13.8. The Labute approximate surface area is 137 Å². The van der Waals surface area contributed by atoms with Crippen molar-refractivity contribution in [2.75, 3.05) is 19.6 Å². The Balaban J connectivity index is 2.27. The minimum atomic E-state index is -0.758. The van der Waals surface area contributed by atoms with E-state index in [0.717, 1.165) is 45.2 Å². The summed E-state index contributed by atoms with van der Waals surface area (Å²) in [5.41, 5.74) is 5.19. The average molecular weight is 327 g/mol. The number of carboxylic acid groups (broad SMARTS) is 1. The van der Waals surface area contributed by atoms with Crippen molar-refractivity contribution in [1.29, 1.82) is 0 Å². The van der Waals surface area contributed by atoms with Crippen LogP contribution < -0.4 is 11.1 Å². The number of likely N-dealkylation sites (tertiary alicyclic amines) is 1. The third-order valence-corrected chi connectivity index (χ3v) is 4.10. The Morgan fingerprint density at radius 2 is 1.70 bits per heavy atom. The number of amides is 2. The van der Waals surface area contributed by atoms with Gasteiger partial charge in [-0.05, 0) is 38.6 Å². The second kappa shape index (κ2) is 11.0. The third kappa shape index (κ3) is 8.54. The second-order valence-corrected chi connectivity index (χ2v) is 6.10. The lowest BCUT2D eigenvalue weighted by Crippen LogP contribution is -2.46. The number of nitrogens with one attached hydrogen (secondary N) is 1. The van der Waals surface area contributed by atoms with E-state index < -0.39 is 5.97 Å². The van der Waals surface area contributed by atoms with Crippen molar-refractivity contribution in [3.8, 4) is 0 Å². The number of hydrogen-bond donors (Lipinski definition) is 3. The summed E-state index contributed by atoms with van der Waals surface area (Å²) in [5, 5.41) is 11.8. The van der Waals surface area contributed by atoms with Crippen LogP contribution >= 0.6 is 0 Å². The van der Waals surface area contributed by atoms with Crippen molar-refractivity contribution in [2.24, 2.45) is 5.73 Å². The van der Waals surface area contributed by atoms with Gasteiger partial charge in [0.2, 0.25) is 11.8 Å². The molecule has 0 bridgehead atoms. The van der Waals surface area contributed by atoms with E-state index >= 15 is 0 Å². The number of carbonyl (C=O) groups excluding carboxylic acids is 2. The van der Waals surface area contributed by atoms with Gasteiger partial charge in [0.25, 0.3) is 0 Å². The minimum absolute atomic E-state index is 0.0645. The van der Waals surface area contributed by atoms with Crippen LogP contribution in [-0.4, -0.2) is 53.5 Å². The molecule has 1 fully saturated rings. The van der Waals surface area contributed by atoms with Gasteiger partial charge in [0.15, 0.2) is 0 Å². The Hall–Kier alpha value is -1.63. The molecule has 0 spiro atoms. The van der Waals surface area contributed by atoms with E-state index in [9.17, 15) is 14.4 Å². The molecule has 0 aromatic heterocycles. The van der Waals surface area contributed by atoms with Crippen molar-refractivity contribution >= 4 is 17.8 Å². The molecule has 1 rings (SSSR count). The third-order valence-electron chi connectivity index (χ3n) is 4.10. The molecule has 0 aromatic carbocycles. The van der Waals surface area contributed by atoms with Crippen molar-refractivity contribution in [3.05, 3.63) is 0 Å². The Kier molecular flexibility index (Phi) is 9.28. The van der Waals surface area contributed by atoms with Crippen LogP contribution in [0.25, 0.3) is 0 Å². The fraction of sp³-hybridized carbons (Fsp3) is 0.812. The maximum atomic E-state index is 12.4. The highest BCUT2D eigenvalue weighted by Crippen LogP contribution is 2.12. The fourth-order valence-corrected chi connectivity index (χ4v) is 2.79. The molecule has 4 N–H and O–H groups in total. The van der Waals surface area contributed by atoms with Gasteiger partial charge in [-0.15, -0.1) is 0 Å². The zero-order chi connectivity index (χ0) is 17.1. The van der Waals surface area contributed by atoms with E-state index in [0.29, 0.717) is 19.4 Å². The molecule has 2 amide bonds. The SMILES string of the molecule is NC(=O)CC[C@H](NCCCCCCC(=O)O)C(=O)N1CCCC1. The number of carboxylic acids is 1. The topological polar surface area (TPSA) is 113 Å². The van der Waals surface area contributed by atoms with Gasteiger partial charge in [-0.2, -0.15) is 0 Å². The van der Waals surface area contributed by atoms with E-state index in [1.54, 1.807) is 0 Å². The van der Waals surface area contributed by atoms with Crippen molar-refractivity contribution in [1.82, 2.24) is 10.2 Å². The van der Waals surface area contributed by atoms with Crippen LogP contribution in [0.15, 0.2) is 0 Å². The molecule has 0 radical (unpaired) electrons. The minimum Gasteiger partial charge on any atom is -0.481 e. The Bertz CT molecular complexity index is 395. The predicted octanol–water partition coefficient (Wildman–Crippen LogP) is 0.868. The maximum absolute atomic E-state index is 12.4. The summed E-state index contributed by atoms with van der Waals surface area (Å²) >= 11 is 0. The Morgan fingerprint density at radius 3 is 2.30 bits per heavy atom. The van der Waals surface area contributed by atoms with Crippen LogP contribution in [0.1, 0.15) is 57.8 Å². The van der Waals surface area contributed by atoms with Crippen LogP contribution in [-0.2, 0) is 14.4 Å². The van der Waals surface area contributed by atoms with Gasteiger partial charge in [-0.3, -0.25) is 14.4 Å². The summed E-state index contributed by atoms with van der Waals surface area (Å²) in [7, 11) is 0. The van der Waals surface area contributed by atoms with Crippen LogP contribution in [0.3, 0.4) is 0 Å². The number of primary amides is 1. The van der Waals surface area contributed by atoms with E-state index in [-0.39, 0.29) is 30.7 Å². The molecular formula is C16H29N3O4. The first-order valence-electron chi connectivity index (χ1n) is 8.53. The van der Waals surface area contributed by atoms with Gasteiger partial charge < -0.3 is 21.1 Å². The molecule has 0 aromatic rings. The predicted molar refractivity (Wildman–Crippen MR) is 86.8 cm³/mol. The second-order valence-electron chi connectivity index (χ2n) is 6.10. The zero-order valence-electron chi connectivity index (χ0n) is 13.8. The first-order chi connectivity index (χ1) is 11.0. The van der Waals surface area contributed by atoms with Gasteiger partial charge in [0, 0.05) is 25.9 Å². The van der Waals surface area contributed by atoms with Crippen LogP contribution in [0.2, 0.25) is 0 Å². The van der Waals surface area contributed by atoms with E-state index in [1.165, 1.54) is 0 Å². The van der Waals surface area contributed by atoms with Gasteiger partial charge in [-0.1, -0.05) is 12.8 Å². The molecule has 0 saturated carbocycles. The number of aliphatic carboxylic acids is 1. The summed E-state index contributed by atoms with van der Waals surface area (Å²) < 4.78 is 0.